The molecule has 0 saturated carbocycles. The molecule has 0 amide bonds. The standard InChI is InChI=1S/C21H15N4/c1-2-6-16(7-3-1)25-19-9-5-4-8-18(19)24-14-23-13-15-12-22-11-10-17(15)20(23)21(24)25/h1-12,14H,13H2/q+1. The molecule has 118 valence electrons. The average molecular weight is 323 g/mol. The third-order valence-corrected chi connectivity index (χ3v) is 5.09. The fraction of sp³-hybridized carbons (Fsp3) is 0.0476. The van der Waals surface area contributed by atoms with Crippen LogP contribution in [0.2, 0.25) is 0 Å². The van der Waals surface area contributed by atoms with Crippen LogP contribution in [-0.2, 0) is 6.54 Å². The van der Waals surface area contributed by atoms with E-state index in [-0.39, 0.29) is 0 Å². The molecular weight excluding hydrogens is 308 g/mol. The van der Waals surface area contributed by atoms with Crippen LogP contribution in [0.25, 0.3) is 33.6 Å². The number of para-hydroxylation sites is 3. The van der Waals surface area contributed by atoms with Crippen molar-refractivity contribution in [2.24, 2.45) is 0 Å². The Labute approximate surface area is 144 Å². The van der Waals surface area contributed by atoms with E-state index in [4.69, 9.17) is 0 Å². The van der Waals surface area contributed by atoms with E-state index in [0.29, 0.717) is 0 Å². The van der Waals surface area contributed by atoms with Crippen molar-refractivity contribution in [1.29, 1.82) is 0 Å². The molecule has 0 N–H and O–H groups in total. The molecule has 1 aliphatic heterocycles. The maximum Gasteiger partial charge on any atom is 0.260 e. The smallest absolute Gasteiger partial charge is 0.260 e. The molecule has 0 unspecified atom stereocenters. The highest BCUT2D eigenvalue weighted by Gasteiger charge is 2.33. The van der Waals surface area contributed by atoms with Crippen molar-refractivity contribution in [2.75, 3.05) is 0 Å². The van der Waals surface area contributed by atoms with Crippen LogP contribution in [0.4, 0.5) is 0 Å². The molecule has 0 bridgehead atoms. The molecule has 0 spiro atoms. The molecule has 4 heterocycles. The zero-order valence-electron chi connectivity index (χ0n) is 13.5. The van der Waals surface area contributed by atoms with Gasteiger partial charge in [-0.3, -0.25) is 9.55 Å². The zero-order chi connectivity index (χ0) is 16.4. The first-order valence-electron chi connectivity index (χ1n) is 8.44. The van der Waals surface area contributed by atoms with Crippen molar-refractivity contribution < 1.29 is 4.57 Å². The van der Waals surface area contributed by atoms with Crippen molar-refractivity contribution >= 4 is 16.7 Å². The van der Waals surface area contributed by atoms with Gasteiger partial charge in [-0.15, -0.1) is 0 Å². The topological polar surface area (TPSA) is 26.1 Å². The van der Waals surface area contributed by atoms with Gasteiger partial charge in [-0.25, -0.2) is 4.57 Å². The summed E-state index contributed by atoms with van der Waals surface area (Å²) in [5, 5.41) is 0. The molecule has 2 aromatic carbocycles. The minimum absolute atomic E-state index is 0.878. The Kier molecular flexibility index (Phi) is 2.37. The number of pyridine rings is 1. The van der Waals surface area contributed by atoms with E-state index >= 15 is 0 Å². The summed E-state index contributed by atoms with van der Waals surface area (Å²) in [6, 6.07) is 21.3. The average Bonchev–Trinajstić information content (AvgIpc) is 3.29. The minimum atomic E-state index is 0.878. The van der Waals surface area contributed by atoms with Crippen molar-refractivity contribution in [2.45, 2.75) is 6.54 Å². The van der Waals surface area contributed by atoms with Crippen LogP contribution in [0.15, 0.2) is 79.4 Å². The number of benzene rings is 2. The summed E-state index contributed by atoms with van der Waals surface area (Å²) >= 11 is 0. The number of aromatic nitrogens is 4. The first-order valence-corrected chi connectivity index (χ1v) is 8.44. The van der Waals surface area contributed by atoms with Gasteiger partial charge in [-0.2, -0.15) is 4.40 Å². The van der Waals surface area contributed by atoms with Crippen LogP contribution in [0.1, 0.15) is 5.56 Å². The highest BCUT2D eigenvalue weighted by Crippen LogP contribution is 2.35. The lowest BCUT2D eigenvalue weighted by Gasteiger charge is -2.04. The Morgan fingerprint density at radius 1 is 0.880 bits per heavy atom. The van der Waals surface area contributed by atoms with Gasteiger partial charge in [-0.1, -0.05) is 30.3 Å². The van der Waals surface area contributed by atoms with Gasteiger partial charge in [0.2, 0.25) is 5.69 Å². The molecule has 0 aliphatic carbocycles. The third-order valence-electron chi connectivity index (χ3n) is 5.09. The van der Waals surface area contributed by atoms with Crippen LogP contribution < -0.4 is 4.57 Å². The first-order chi connectivity index (χ1) is 12.4. The third kappa shape index (κ3) is 1.61. The quantitative estimate of drug-likeness (QED) is 0.425. The number of rotatable bonds is 1. The normalized spacial score (nSPS) is 12.6. The maximum absolute atomic E-state index is 4.30. The van der Waals surface area contributed by atoms with Gasteiger partial charge < -0.3 is 0 Å². The summed E-state index contributed by atoms with van der Waals surface area (Å²) in [4.78, 5) is 4.30. The van der Waals surface area contributed by atoms with Crippen LogP contribution in [0.3, 0.4) is 0 Å². The lowest BCUT2D eigenvalue weighted by atomic mass is 10.1. The number of hydrogen-bond acceptors (Lipinski definition) is 1. The zero-order valence-corrected chi connectivity index (χ0v) is 13.5. The second-order valence-corrected chi connectivity index (χ2v) is 6.48. The van der Waals surface area contributed by atoms with Crippen molar-refractivity contribution in [3.63, 3.8) is 0 Å². The predicted octanol–water partition coefficient (Wildman–Crippen LogP) is 3.59. The van der Waals surface area contributed by atoms with Gasteiger partial charge >= 0.3 is 0 Å². The summed E-state index contributed by atoms with van der Waals surface area (Å²) in [5.41, 5.74) is 8.64. The van der Waals surface area contributed by atoms with Gasteiger partial charge in [0.05, 0.1) is 5.52 Å². The number of imidazole rings is 2. The summed E-state index contributed by atoms with van der Waals surface area (Å²) in [7, 11) is 0. The van der Waals surface area contributed by atoms with Crippen molar-refractivity contribution in [1.82, 2.24) is 14.0 Å². The van der Waals surface area contributed by atoms with Gasteiger partial charge in [0.15, 0.2) is 5.52 Å². The Bertz CT molecular complexity index is 1260. The SMILES string of the molecule is c1ccc(-n2c3ccccc3n3c[n+]4c(c23)-c2ccncc2C4)cc1. The van der Waals surface area contributed by atoms with Crippen LogP contribution in [0, 0.1) is 0 Å². The van der Waals surface area contributed by atoms with Gasteiger partial charge in [0, 0.05) is 29.2 Å². The van der Waals surface area contributed by atoms with E-state index in [1.807, 2.05) is 12.4 Å². The summed E-state index contributed by atoms with van der Waals surface area (Å²) < 4.78 is 6.99. The van der Waals surface area contributed by atoms with Crippen LogP contribution >= 0.6 is 0 Å². The second-order valence-electron chi connectivity index (χ2n) is 6.48. The van der Waals surface area contributed by atoms with E-state index < -0.39 is 0 Å². The Morgan fingerprint density at radius 3 is 2.56 bits per heavy atom. The van der Waals surface area contributed by atoms with E-state index in [1.54, 1.807) is 0 Å². The fourth-order valence-corrected chi connectivity index (χ4v) is 4.06. The molecule has 5 aromatic rings. The molecule has 4 nitrogen and oxygen atoms in total. The molecule has 6 rings (SSSR count). The molecule has 0 fully saturated rings. The van der Waals surface area contributed by atoms with Crippen LogP contribution in [0.5, 0.6) is 0 Å². The molecule has 25 heavy (non-hydrogen) atoms. The van der Waals surface area contributed by atoms with Crippen molar-refractivity contribution in [3.8, 4) is 16.9 Å². The summed E-state index contributed by atoms with van der Waals surface area (Å²) in [6.45, 7) is 0.878. The Balaban J connectivity index is 1.84. The van der Waals surface area contributed by atoms with E-state index in [2.05, 4.69) is 85.5 Å². The van der Waals surface area contributed by atoms with Gasteiger partial charge in [-0.05, 0) is 30.3 Å². The molecule has 3 aromatic heterocycles. The molecule has 4 heteroatoms. The summed E-state index contributed by atoms with van der Waals surface area (Å²) in [5.74, 6) is 0. The van der Waals surface area contributed by atoms with E-state index in [9.17, 15) is 0 Å². The number of hydrogen-bond donors (Lipinski definition) is 0. The lowest BCUT2D eigenvalue weighted by Crippen LogP contribution is -2.29. The van der Waals surface area contributed by atoms with E-state index in [1.165, 1.54) is 39.2 Å². The predicted molar refractivity (Wildman–Crippen MR) is 96.8 cm³/mol. The number of fused-ring (bicyclic) bond motifs is 7. The van der Waals surface area contributed by atoms with Crippen molar-refractivity contribution in [3.05, 3.63) is 84.9 Å². The molecule has 0 atom stereocenters. The molecular formula is C21H15N4+. The second kappa shape index (κ2) is 4.57. The molecule has 0 saturated heterocycles. The fourth-order valence-electron chi connectivity index (χ4n) is 4.06. The Morgan fingerprint density at radius 2 is 1.68 bits per heavy atom. The van der Waals surface area contributed by atoms with Crippen LogP contribution in [-0.4, -0.2) is 14.0 Å². The van der Waals surface area contributed by atoms with Gasteiger partial charge in [0.1, 0.15) is 6.54 Å². The number of nitrogens with zero attached hydrogens (tertiary/aromatic N) is 4. The summed E-state index contributed by atoms with van der Waals surface area (Å²) in [6.07, 6.45) is 6.08. The highest BCUT2D eigenvalue weighted by molar-refractivity contribution is 5.89. The highest BCUT2D eigenvalue weighted by atomic mass is 15.2. The maximum atomic E-state index is 4.30. The van der Waals surface area contributed by atoms with E-state index in [0.717, 1.165) is 6.54 Å². The first kappa shape index (κ1) is 13.0. The largest absolute Gasteiger partial charge is 0.269 e. The lowest BCUT2D eigenvalue weighted by molar-refractivity contribution is -0.671. The Hall–Kier alpha value is -3.40. The molecule has 0 radical (unpaired) electrons. The molecule has 1 aliphatic rings. The van der Waals surface area contributed by atoms with Gasteiger partial charge in [0.25, 0.3) is 12.0 Å². The monoisotopic (exact) mass is 323 g/mol. The minimum Gasteiger partial charge on any atom is -0.269 e.